The van der Waals surface area contributed by atoms with Crippen LogP contribution in [0, 0.1) is 5.41 Å². The number of fused-ring (bicyclic) bond motifs is 1. The Hall–Kier alpha value is -4.99. The molecule has 0 unspecified atom stereocenters. The van der Waals surface area contributed by atoms with Crippen LogP contribution in [0.2, 0.25) is 0 Å². The molecule has 5 rings (SSSR count). The third kappa shape index (κ3) is 8.64. The first-order valence-corrected chi connectivity index (χ1v) is 16.1. The largest absolute Gasteiger partial charge is 0.497 e. The Kier molecular flexibility index (Phi) is 11.4. The Morgan fingerprint density at radius 2 is 1.57 bits per heavy atom. The van der Waals surface area contributed by atoms with Crippen molar-refractivity contribution < 1.29 is 14.3 Å². The highest BCUT2D eigenvalue weighted by atomic mass is 16.5. The summed E-state index contributed by atoms with van der Waals surface area (Å²) in [7, 11) is 1.64. The lowest BCUT2D eigenvalue weighted by atomic mass is 10.1. The minimum Gasteiger partial charge on any atom is -0.497 e. The number of aryl methyl sites for hydroxylation is 3. The number of benzene rings is 4. The van der Waals surface area contributed by atoms with Gasteiger partial charge in [0.05, 0.1) is 18.1 Å². The first-order chi connectivity index (χ1) is 22.9. The predicted molar refractivity (Wildman–Crippen MR) is 187 cm³/mol. The van der Waals surface area contributed by atoms with Gasteiger partial charge in [-0.3, -0.25) is 10.2 Å². The molecule has 0 radical (unpaired) electrons. The van der Waals surface area contributed by atoms with Gasteiger partial charge in [0.25, 0.3) is 5.91 Å². The van der Waals surface area contributed by atoms with Crippen LogP contribution < -0.4 is 16.2 Å². The van der Waals surface area contributed by atoms with Gasteiger partial charge in [-0.05, 0) is 72.4 Å². The van der Waals surface area contributed by atoms with E-state index in [9.17, 15) is 4.79 Å². The number of rotatable bonds is 16. The van der Waals surface area contributed by atoms with Gasteiger partial charge in [-0.25, -0.2) is 4.98 Å². The van der Waals surface area contributed by atoms with Gasteiger partial charge in [-0.15, -0.1) is 0 Å². The molecule has 0 atom stereocenters. The zero-order chi connectivity index (χ0) is 33.2. The van der Waals surface area contributed by atoms with E-state index < -0.39 is 0 Å². The molecule has 1 amide bonds. The van der Waals surface area contributed by atoms with Crippen molar-refractivity contribution in [2.24, 2.45) is 11.5 Å². The van der Waals surface area contributed by atoms with Crippen LogP contribution in [-0.2, 0) is 43.8 Å². The number of imidazole rings is 1. The first-order valence-electron chi connectivity index (χ1n) is 16.1. The lowest BCUT2D eigenvalue weighted by Gasteiger charge is -2.24. The maximum Gasteiger partial charge on any atom is 0.254 e. The van der Waals surface area contributed by atoms with Crippen LogP contribution in [0.3, 0.4) is 0 Å². The Bertz CT molecular complexity index is 1800. The molecule has 1 aromatic heterocycles. The molecule has 5 aromatic rings. The zero-order valence-corrected chi connectivity index (χ0v) is 27.2. The second-order valence-electron chi connectivity index (χ2n) is 11.6. The van der Waals surface area contributed by atoms with Gasteiger partial charge in [0, 0.05) is 56.9 Å². The average molecular weight is 633 g/mol. The topological polar surface area (TPSA) is 132 Å². The number of nitrogens with two attached hydrogens (primary N) is 2. The maximum atomic E-state index is 14.2. The van der Waals surface area contributed by atoms with Crippen molar-refractivity contribution in [1.29, 1.82) is 5.41 Å². The van der Waals surface area contributed by atoms with Crippen molar-refractivity contribution in [2.75, 3.05) is 20.3 Å². The van der Waals surface area contributed by atoms with E-state index in [1.165, 1.54) is 0 Å². The van der Waals surface area contributed by atoms with Gasteiger partial charge in [-0.1, -0.05) is 60.7 Å². The lowest BCUT2D eigenvalue weighted by Crippen LogP contribution is -2.30. The number of hydrogen-bond donors (Lipinski definition) is 3. The summed E-state index contributed by atoms with van der Waals surface area (Å²) in [4.78, 5) is 21.1. The number of methoxy groups -OCH3 is 1. The number of nitrogen functional groups attached to an aromatic ring is 1. The Morgan fingerprint density at radius 3 is 2.28 bits per heavy atom. The molecular formula is C38H44N6O3. The Balaban J connectivity index is 1.43. The molecule has 9 nitrogen and oxygen atoms in total. The van der Waals surface area contributed by atoms with Crippen LogP contribution in [0.1, 0.15) is 57.3 Å². The second kappa shape index (κ2) is 16.0. The molecule has 244 valence electrons. The molecule has 0 aliphatic carbocycles. The minimum atomic E-state index is -0.0735. The van der Waals surface area contributed by atoms with E-state index in [1.807, 2.05) is 103 Å². The second-order valence-corrected chi connectivity index (χ2v) is 11.6. The Labute approximate surface area is 276 Å². The number of aromatic nitrogens is 2. The predicted octanol–water partition coefficient (Wildman–Crippen LogP) is 5.84. The molecule has 0 aliphatic heterocycles. The molecule has 0 saturated heterocycles. The fraction of sp³-hybridized carbons (Fsp3) is 0.289. The summed E-state index contributed by atoms with van der Waals surface area (Å²) in [6.07, 6.45) is 2.38. The van der Waals surface area contributed by atoms with Crippen molar-refractivity contribution in [3.8, 4) is 5.75 Å². The van der Waals surface area contributed by atoms with Crippen LogP contribution >= 0.6 is 0 Å². The van der Waals surface area contributed by atoms with E-state index in [-0.39, 0.29) is 11.7 Å². The number of amidine groups is 1. The average Bonchev–Trinajstić information content (AvgIpc) is 3.45. The Morgan fingerprint density at radius 1 is 0.872 bits per heavy atom. The summed E-state index contributed by atoms with van der Waals surface area (Å²) in [6.45, 7) is 5.46. The van der Waals surface area contributed by atoms with Gasteiger partial charge in [0.1, 0.15) is 17.4 Å². The number of nitrogens with zero attached hydrogens (tertiary/aromatic N) is 3. The summed E-state index contributed by atoms with van der Waals surface area (Å²) in [5.74, 6) is 1.70. The monoisotopic (exact) mass is 632 g/mol. The van der Waals surface area contributed by atoms with Gasteiger partial charge in [0.2, 0.25) is 0 Å². The SMILES string of the molecule is CCOCCCn1c(CCc2ccc(C(=N)N)cc2)nc2cc(C(=O)N(Cc3ccc(CN)cc3)Cc3cccc(OC)c3)ccc21. The molecule has 0 aliphatic rings. The van der Waals surface area contributed by atoms with Crippen LogP contribution in [0.5, 0.6) is 5.75 Å². The van der Waals surface area contributed by atoms with Crippen LogP contribution in [-0.4, -0.2) is 46.5 Å². The number of nitrogens with one attached hydrogen (secondary N) is 1. The third-order valence-corrected chi connectivity index (χ3v) is 8.28. The molecule has 0 saturated carbocycles. The summed E-state index contributed by atoms with van der Waals surface area (Å²) >= 11 is 0. The van der Waals surface area contributed by atoms with Crippen LogP contribution in [0.15, 0.2) is 91.0 Å². The molecular weight excluding hydrogens is 588 g/mol. The highest BCUT2D eigenvalue weighted by molar-refractivity contribution is 5.97. The normalized spacial score (nSPS) is 11.1. The fourth-order valence-electron chi connectivity index (χ4n) is 5.70. The maximum absolute atomic E-state index is 14.2. The molecule has 0 bridgehead atoms. The highest BCUT2D eigenvalue weighted by Crippen LogP contribution is 2.23. The van der Waals surface area contributed by atoms with E-state index >= 15 is 0 Å². The van der Waals surface area contributed by atoms with E-state index in [4.69, 9.17) is 31.3 Å². The van der Waals surface area contributed by atoms with Crippen molar-refractivity contribution in [3.63, 3.8) is 0 Å². The number of hydrogen-bond acceptors (Lipinski definition) is 6. The van der Waals surface area contributed by atoms with Gasteiger partial charge >= 0.3 is 0 Å². The summed E-state index contributed by atoms with van der Waals surface area (Å²) in [5.41, 5.74) is 18.7. The lowest BCUT2D eigenvalue weighted by molar-refractivity contribution is 0.0730. The minimum absolute atomic E-state index is 0.0598. The van der Waals surface area contributed by atoms with Gasteiger partial charge < -0.3 is 30.4 Å². The number of amides is 1. The highest BCUT2D eigenvalue weighted by Gasteiger charge is 2.20. The van der Waals surface area contributed by atoms with E-state index in [0.717, 1.165) is 70.7 Å². The van der Waals surface area contributed by atoms with Crippen molar-refractivity contribution in [1.82, 2.24) is 14.5 Å². The van der Waals surface area contributed by atoms with E-state index in [2.05, 4.69) is 4.57 Å². The van der Waals surface area contributed by atoms with Gasteiger partial charge in [-0.2, -0.15) is 0 Å². The molecule has 5 N–H and O–H groups in total. The number of carbonyl (C=O) groups excluding carboxylic acids is 1. The summed E-state index contributed by atoms with van der Waals surface area (Å²) in [5, 5.41) is 7.66. The molecule has 0 fully saturated rings. The van der Waals surface area contributed by atoms with Gasteiger partial charge in [0.15, 0.2) is 0 Å². The summed E-state index contributed by atoms with van der Waals surface area (Å²) < 4.78 is 13.3. The number of carbonyl (C=O) groups is 1. The summed E-state index contributed by atoms with van der Waals surface area (Å²) in [6, 6.07) is 29.5. The number of ether oxygens (including phenoxy) is 2. The molecule has 1 heterocycles. The molecule has 4 aromatic carbocycles. The van der Waals surface area contributed by atoms with E-state index in [0.29, 0.717) is 44.0 Å². The standard InChI is InChI=1S/C38H44N6O3/c1-3-47-21-5-20-44-35-18-17-32(23-34(35)42-36(44)19-14-27-12-15-31(16-13-27)37(40)41)38(45)43(25-29-10-8-28(24-39)9-11-29)26-30-6-4-7-33(22-30)46-2/h4,6-13,15-18,22-23H,3,5,14,19-21,24-26,39H2,1-2H3,(H3,40,41). The van der Waals surface area contributed by atoms with Crippen LogP contribution in [0.25, 0.3) is 11.0 Å². The van der Waals surface area contributed by atoms with Crippen molar-refractivity contribution >= 4 is 22.8 Å². The first kappa shape index (κ1) is 33.4. The fourth-order valence-corrected chi connectivity index (χ4v) is 5.70. The smallest absolute Gasteiger partial charge is 0.254 e. The van der Waals surface area contributed by atoms with Crippen LogP contribution in [0.4, 0.5) is 0 Å². The van der Waals surface area contributed by atoms with Crippen molar-refractivity contribution in [3.05, 3.63) is 130 Å². The molecule has 0 spiro atoms. The van der Waals surface area contributed by atoms with Crippen molar-refractivity contribution in [2.45, 2.75) is 52.4 Å². The zero-order valence-electron chi connectivity index (χ0n) is 27.2. The van der Waals surface area contributed by atoms with E-state index in [1.54, 1.807) is 7.11 Å². The quantitative estimate of drug-likeness (QED) is 0.0711. The molecule has 9 heteroatoms. The molecule has 47 heavy (non-hydrogen) atoms. The third-order valence-electron chi connectivity index (χ3n) is 8.28.